The summed E-state index contributed by atoms with van der Waals surface area (Å²) in [6, 6.07) is 5.29. The maximum Gasteiger partial charge on any atom is 0.248 e. The predicted octanol–water partition coefficient (Wildman–Crippen LogP) is 1.04. The van der Waals surface area contributed by atoms with Gasteiger partial charge in [0.15, 0.2) is 0 Å². The summed E-state index contributed by atoms with van der Waals surface area (Å²) in [5.74, 6) is -0.401. The Morgan fingerprint density at radius 3 is 2.86 bits per heavy atom. The first kappa shape index (κ1) is 14.3. The second-order valence-corrected chi connectivity index (χ2v) is 5.56. The van der Waals surface area contributed by atoms with E-state index in [1.54, 1.807) is 27.9 Å². The van der Waals surface area contributed by atoms with Gasteiger partial charge in [0.25, 0.3) is 0 Å². The number of aromatic nitrogens is 2. The molecule has 6 heteroatoms. The number of rotatable bonds is 3. The van der Waals surface area contributed by atoms with Crippen molar-refractivity contribution in [3.05, 3.63) is 47.3 Å². The van der Waals surface area contributed by atoms with Gasteiger partial charge in [-0.15, -0.1) is 0 Å². The van der Waals surface area contributed by atoms with Crippen LogP contribution in [0.5, 0.6) is 0 Å². The number of carbonyl (C=O) groups excluding carboxylic acids is 2. The van der Waals surface area contributed by atoms with Crippen LogP contribution in [0.15, 0.2) is 30.6 Å². The lowest BCUT2D eigenvalue weighted by molar-refractivity contribution is -0.118. The Hall–Kier alpha value is -2.63. The first-order valence-electron chi connectivity index (χ1n) is 7.25. The molecule has 0 radical (unpaired) electrons. The smallest absolute Gasteiger partial charge is 0.248 e. The Morgan fingerprint density at radius 1 is 1.36 bits per heavy atom. The molecule has 0 saturated heterocycles. The molecule has 0 bridgehead atoms. The van der Waals surface area contributed by atoms with Gasteiger partial charge in [0, 0.05) is 31.0 Å². The topological polar surface area (TPSA) is 81.2 Å². The van der Waals surface area contributed by atoms with Crippen LogP contribution in [0.2, 0.25) is 0 Å². The summed E-state index contributed by atoms with van der Waals surface area (Å²) in [5, 5.41) is 4.08. The SMILES string of the molecule is Cn1cc(CC(=O)N2CCCc3cc(C(N)=O)ccc32)cn1. The first-order chi connectivity index (χ1) is 10.5. The number of nitrogens with two attached hydrogens (primary N) is 1. The van der Waals surface area contributed by atoms with Crippen LogP contribution in [0, 0.1) is 0 Å². The van der Waals surface area contributed by atoms with Crippen molar-refractivity contribution in [1.82, 2.24) is 9.78 Å². The number of anilines is 1. The van der Waals surface area contributed by atoms with E-state index in [4.69, 9.17) is 5.73 Å². The zero-order chi connectivity index (χ0) is 15.7. The van der Waals surface area contributed by atoms with Crippen LogP contribution in [0.3, 0.4) is 0 Å². The number of amides is 2. The highest BCUT2D eigenvalue weighted by Crippen LogP contribution is 2.28. The first-order valence-corrected chi connectivity index (χ1v) is 7.25. The van der Waals surface area contributed by atoms with Crippen molar-refractivity contribution in [2.75, 3.05) is 11.4 Å². The van der Waals surface area contributed by atoms with Crippen LogP contribution in [-0.2, 0) is 24.7 Å². The minimum absolute atomic E-state index is 0.0424. The molecular formula is C16H18N4O2. The fourth-order valence-electron chi connectivity index (χ4n) is 2.84. The van der Waals surface area contributed by atoms with E-state index in [1.165, 1.54) is 0 Å². The van der Waals surface area contributed by atoms with Crippen LogP contribution >= 0.6 is 0 Å². The molecule has 0 fully saturated rings. The van der Waals surface area contributed by atoms with E-state index in [-0.39, 0.29) is 5.91 Å². The molecule has 3 rings (SSSR count). The number of hydrogen-bond acceptors (Lipinski definition) is 3. The number of carbonyl (C=O) groups is 2. The highest BCUT2D eigenvalue weighted by atomic mass is 16.2. The zero-order valence-corrected chi connectivity index (χ0v) is 12.5. The summed E-state index contributed by atoms with van der Waals surface area (Å²) in [5.41, 5.74) is 8.58. The van der Waals surface area contributed by atoms with Crippen molar-refractivity contribution in [2.24, 2.45) is 12.8 Å². The second kappa shape index (κ2) is 5.63. The molecule has 2 amide bonds. The molecule has 0 saturated carbocycles. The number of benzene rings is 1. The molecule has 114 valence electrons. The molecule has 0 atom stereocenters. The molecule has 1 aromatic carbocycles. The van der Waals surface area contributed by atoms with E-state index in [9.17, 15) is 9.59 Å². The van der Waals surface area contributed by atoms with Crippen LogP contribution in [0.25, 0.3) is 0 Å². The third-order valence-electron chi connectivity index (χ3n) is 3.90. The molecule has 22 heavy (non-hydrogen) atoms. The van der Waals surface area contributed by atoms with E-state index in [0.29, 0.717) is 18.5 Å². The molecule has 6 nitrogen and oxygen atoms in total. The maximum absolute atomic E-state index is 12.6. The quantitative estimate of drug-likeness (QED) is 0.919. The van der Waals surface area contributed by atoms with Crippen molar-refractivity contribution >= 4 is 17.5 Å². The fraction of sp³-hybridized carbons (Fsp3) is 0.312. The lowest BCUT2D eigenvalue weighted by atomic mass is 9.98. The summed E-state index contributed by atoms with van der Waals surface area (Å²) in [6.45, 7) is 0.696. The van der Waals surface area contributed by atoms with Gasteiger partial charge >= 0.3 is 0 Å². The van der Waals surface area contributed by atoms with Crippen LogP contribution in [0.4, 0.5) is 5.69 Å². The Kier molecular flexibility index (Phi) is 3.66. The third-order valence-corrected chi connectivity index (χ3v) is 3.90. The van der Waals surface area contributed by atoms with Crippen molar-refractivity contribution in [3.8, 4) is 0 Å². The fourth-order valence-corrected chi connectivity index (χ4v) is 2.84. The Bertz CT molecular complexity index is 735. The van der Waals surface area contributed by atoms with Crippen molar-refractivity contribution in [1.29, 1.82) is 0 Å². The number of aryl methyl sites for hydroxylation is 2. The molecule has 2 N–H and O–H groups in total. The van der Waals surface area contributed by atoms with E-state index in [1.807, 2.05) is 19.3 Å². The van der Waals surface area contributed by atoms with Gasteiger partial charge in [0.1, 0.15) is 0 Å². The van der Waals surface area contributed by atoms with Gasteiger partial charge in [-0.1, -0.05) is 0 Å². The Morgan fingerprint density at radius 2 is 2.18 bits per heavy atom. The number of fused-ring (bicyclic) bond motifs is 1. The molecule has 1 aromatic heterocycles. The summed E-state index contributed by atoms with van der Waals surface area (Å²) in [7, 11) is 1.83. The molecule has 0 unspecified atom stereocenters. The number of primary amides is 1. The lowest BCUT2D eigenvalue weighted by Gasteiger charge is -2.29. The van der Waals surface area contributed by atoms with Crippen LogP contribution in [-0.4, -0.2) is 28.1 Å². The van der Waals surface area contributed by atoms with Gasteiger partial charge in [-0.3, -0.25) is 14.3 Å². The number of nitrogens with zero attached hydrogens (tertiary/aromatic N) is 3. The predicted molar refractivity (Wildman–Crippen MR) is 82.5 cm³/mol. The Balaban J connectivity index is 1.84. The third kappa shape index (κ3) is 2.72. The van der Waals surface area contributed by atoms with Crippen molar-refractivity contribution < 1.29 is 9.59 Å². The van der Waals surface area contributed by atoms with Gasteiger partial charge in [0.05, 0.1) is 12.6 Å². The highest BCUT2D eigenvalue weighted by molar-refractivity contribution is 5.98. The highest BCUT2D eigenvalue weighted by Gasteiger charge is 2.23. The van der Waals surface area contributed by atoms with E-state index in [2.05, 4.69) is 5.10 Å². The maximum atomic E-state index is 12.6. The summed E-state index contributed by atoms with van der Waals surface area (Å²) >= 11 is 0. The van der Waals surface area contributed by atoms with Crippen LogP contribution < -0.4 is 10.6 Å². The summed E-state index contributed by atoms with van der Waals surface area (Å²) in [6.07, 6.45) is 5.61. The molecule has 2 heterocycles. The molecule has 0 aliphatic carbocycles. The molecule has 1 aliphatic heterocycles. The van der Waals surface area contributed by atoms with Gasteiger partial charge in [-0.25, -0.2) is 0 Å². The van der Waals surface area contributed by atoms with E-state index >= 15 is 0 Å². The molecule has 0 spiro atoms. The van der Waals surface area contributed by atoms with Gasteiger partial charge < -0.3 is 10.6 Å². The van der Waals surface area contributed by atoms with Crippen molar-refractivity contribution in [3.63, 3.8) is 0 Å². The van der Waals surface area contributed by atoms with Crippen LogP contribution in [0.1, 0.15) is 27.9 Å². The Labute approximate surface area is 128 Å². The largest absolute Gasteiger partial charge is 0.366 e. The normalized spacial score (nSPS) is 13.8. The monoisotopic (exact) mass is 298 g/mol. The molecule has 1 aliphatic rings. The number of hydrogen-bond donors (Lipinski definition) is 1. The minimum Gasteiger partial charge on any atom is -0.366 e. The standard InChI is InChI=1S/C16H18N4O2/c1-19-10-11(9-18-19)7-15(21)20-6-2-3-12-8-13(16(17)22)4-5-14(12)20/h4-5,8-10H,2-3,6-7H2,1H3,(H2,17,22). The van der Waals surface area contributed by atoms with E-state index in [0.717, 1.165) is 29.7 Å². The zero-order valence-electron chi connectivity index (χ0n) is 12.5. The van der Waals surface area contributed by atoms with Gasteiger partial charge in [0.2, 0.25) is 11.8 Å². The molecule has 2 aromatic rings. The van der Waals surface area contributed by atoms with Gasteiger partial charge in [-0.05, 0) is 42.2 Å². The van der Waals surface area contributed by atoms with Gasteiger partial charge in [-0.2, -0.15) is 5.10 Å². The average molecular weight is 298 g/mol. The lowest BCUT2D eigenvalue weighted by Crippen LogP contribution is -2.36. The summed E-state index contributed by atoms with van der Waals surface area (Å²) < 4.78 is 1.69. The molecular weight excluding hydrogens is 280 g/mol. The average Bonchev–Trinajstić information content (AvgIpc) is 2.91. The second-order valence-electron chi connectivity index (χ2n) is 5.56. The minimum atomic E-state index is -0.443. The summed E-state index contributed by atoms with van der Waals surface area (Å²) in [4.78, 5) is 25.6. The van der Waals surface area contributed by atoms with E-state index < -0.39 is 5.91 Å². The van der Waals surface area contributed by atoms with Crippen molar-refractivity contribution in [2.45, 2.75) is 19.3 Å².